The molecule has 3 rings (SSSR count). The highest BCUT2D eigenvalue weighted by Gasteiger charge is 2.28. The molecule has 1 heterocycles. The van der Waals surface area contributed by atoms with Gasteiger partial charge < -0.3 is 17.7 Å². The SMILES string of the molecule is N#Cc1ccc2c(c1)CC(N1CC[NH2+]CC1)C2.[Cl-]. The summed E-state index contributed by atoms with van der Waals surface area (Å²) in [5, 5.41) is 11.3. The van der Waals surface area contributed by atoms with E-state index in [-0.39, 0.29) is 12.4 Å². The van der Waals surface area contributed by atoms with Crippen molar-refractivity contribution >= 4 is 0 Å². The van der Waals surface area contributed by atoms with Gasteiger partial charge in [0.1, 0.15) is 0 Å². The first kappa shape index (κ1) is 13.4. The fourth-order valence-electron chi connectivity index (χ4n) is 3.06. The summed E-state index contributed by atoms with van der Waals surface area (Å²) in [6.45, 7) is 4.89. The van der Waals surface area contributed by atoms with E-state index in [2.05, 4.69) is 28.4 Å². The lowest BCUT2D eigenvalue weighted by atomic mass is 10.1. The quantitative estimate of drug-likeness (QED) is 0.584. The molecule has 3 nitrogen and oxygen atoms in total. The zero-order valence-corrected chi connectivity index (χ0v) is 11.2. The maximum Gasteiger partial charge on any atom is 0.0991 e. The Morgan fingerprint density at radius 2 is 1.89 bits per heavy atom. The second kappa shape index (κ2) is 5.71. The van der Waals surface area contributed by atoms with Crippen LogP contribution in [0.4, 0.5) is 0 Å². The van der Waals surface area contributed by atoms with Crippen molar-refractivity contribution in [2.75, 3.05) is 26.2 Å². The van der Waals surface area contributed by atoms with Crippen molar-refractivity contribution in [3.63, 3.8) is 0 Å². The van der Waals surface area contributed by atoms with E-state index >= 15 is 0 Å². The monoisotopic (exact) mass is 263 g/mol. The predicted octanol–water partition coefficient (Wildman–Crippen LogP) is -3.09. The predicted molar refractivity (Wildman–Crippen MR) is 65.6 cm³/mol. The van der Waals surface area contributed by atoms with Gasteiger partial charge in [-0.15, -0.1) is 0 Å². The number of nitrogens with zero attached hydrogens (tertiary/aromatic N) is 2. The summed E-state index contributed by atoms with van der Waals surface area (Å²) in [5.74, 6) is 0. The van der Waals surface area contributed by atoms with Gasteiger partial charge in [0.2, 0.25) is 0 Å². The summed E-state index contributed by atoms with van der Waals surface area (Å²) in [6, 6.07) is 9.07. The Balaban J connectivity index is 0.00000120. The van der Waals surface area contributed by atoms with E-state index in [4.69, 9.17) is 5.26 Å². The number of fused-ring (bicyclic) bond motifs is 1. The second-order valence-electron chi connectivity index (χ2n) is 5.06. The normalized spacial score (nSPS) is 22.9. The number of piperazine rings is 1. The Hall–Kier alpha value is -1.08. The lowest BCUT2D eigenvalue weighted by Gasteiger charge is -2.30. The third-order valence-electron chi connectivity index (χ3n) is 4.00. The van der Waals surface area contributed by atoms with Crippen LogP contribution >= 0.6 is 0 Å². The van der Waals surface area contributed by atoms with Gasteiger partial charge in [-0.25, -0.2) is 0 Å². The first-order chi connectivity index (χ1) is 8.36. The molecule has 0 saturated carbocycles. The summed E-state index contributed by atoms with van der Waals surface area (Å²) in [5.41, 5.74) is 3.64. The van der Waals surface area contributed by atoms with E-state index in [0.29, 0.717) is 6.04 Å². The first-order valence-electron chi connectivity index (χ1n) is 6.44. The lowest BCUT2D eigenvalue weighted by Crippen LogP contribution is -3.00. The number of rotatable bonds is 1. The molecule has 1 unspecified atom stereocenters. The molecule has 1 atom stereocenters. The van der Waals surface area contributed by atoms with Gasteiger partial charge in [-0.05, 0) is 36.1 Å². The van der Waals surface area contributed by atoms with E-state index < -0.39 is 0 Å². The van der Waals surface area contributed by atoms with Crippen LogP contribution in [-0.2, 0) is 12.8 Å². The number of halogens is 1. The van der Waals surface area contributed by atoms with E-state index in [1.54, 1.807) is 0 Å². The average molecular weight is 264 g/mol. The van der Waals surface area contributed by atoms with Crippen LogP contribution in [0.5, 0.6) is 0 Å². The Kier molecular flexibility index (Phi) is 4.23. The summed E-state index contributed by atoms with van der Waals surface area (Å²) < 4.78 is 0. The van der Waals surface area contributed by atoms with E-state index in [9.17, 15) is 0 Å². The van der Waals surface area contributed by atoms with Gasteiger partial charge in [-0.2, -0.15) is 5.26 Å². The van der Waals surface area contributed by atoms with Crippen LogP contribution in [0.1, 0.15) is 16.7 Å². The molecule has 4 heteroatoms. The molecule has 2 N–H and O–H groups in total. The fourth-order valence-corrected chi connectivity index (χ4v) is 3.06. The fraction of sp³-hybridized carbons (Fsp3) is 0.500. The number of hydrogen-bond donors (Lipinski definition) is 1. The van der Waals surface area contributed by atoms with Gasteiger partial charge in [0.25, 0.3) is 0 Å². The summed E-state index contributed by atoms with van der Waals surface area (Å²) in [4.78, 5) is 2.62. The molecule has 18 heavy (non-hydrogen) atoms. The van der Waals surface area contributed by atoms with Gasteiger partial charge in [-0.1, -0.05) is 6.07 Å². The maximum atomic E-state index is 8.92. The van der Waals surface area contributed by atoms with Crippen molar-refractivity contribution in [3.8, 4) is 6.07 Å². The Bertz CT molecular complexity index is 461. The zero-order valence-electron chi connectivity index (χ0n) is 10.4. The zero-order chi connectivity index (χ0) is 11.7. The molecule has 0 aromatic heterocycles. The van der Waals surface area contributed by atoms with Crippen molar-refractivity contribution < 1.29 is 17.7 Å². The highest BCUT2D eigenvalue weighted by atomic mass is 35.5. The minimum atomic E-state index is 0. The highest BCUT2D eigenvalue weighted by Crippen LogP contribution is 2.26. The Morgan fingerprint density at radius 3 is 2.61 bits per heavy atom. The minimum Gasteiger partial charge on any atom is -1.00 e. The van der Waals surface area contributed by atoms with E-state index in [1.807, 2.05) is 6.07 Å². The van der Waals surface area contributed by atoms with E-state index in [0.717, 1.165) is 12.0 Å². The van der Waals surface area contributed by atoms with Gasteiger partial charge >= 0.3 is 0 Å². The topological polar surface area (TPSA) is 43.6 Å². The number of nitrogens with two attached hydrogens (primary N) is 1. The van der Waals surface area contributed by atoms with Crippen LogP contribution in [0, 0.1) is 11.3 Å². The van der Waals surface area contributed by atoms with Crippen LogP contribution in [0.3, 0.4) is 0 Å². The molecule has 1 aromatic rings. The van der Waals surface area contributed by atoms with Crippen molar-refractivity contribution in [2.24, 2.45) is 0 Å². The number of hydrogen-bond acceptors (Lipinski definition) is 2. The highest BCUT2D eigenvalue weighted by molar-refractivity contribution is 5.41. The lowest BCUT2D eigenvalue weighted by molar-refractivity contribution is -0.663. The van der Waals surface area contributed by atoms with Crippen molar-refractivity contribution in [1.82, 2.24) is 4.90 Å². The smallest absolute Gasteiger partial charge is 0.0991 e. The first-order valence-corrected chi connectivity index (χ1v) is 6.44. The molecule has 1 aromatic carbocycles. The number of nitriles is 1. The maximum absolute atomic E-state index is 8.92. The molecule has 96 valence electrons. The third-order valence-corrected chi connectivity index (χ3v) is 4.00. The molecule has 0 amide bonds. The molecular weight excluding hydrogens is 246 g/mol. The summed E-state index contributed by atoms with van der Waals surface area (Å²) in [6.07, 6.45) is 2.30. The summed E-state index contributed by atoms with van der Waals surface area (Å²) >= 11 is 0. The third kappa shape index (κ3) is 2.51. The molecule has 0 radical (unpaired) electrons. The molecule has 2 aliphatic rings. The molecule has 0 bridgehead atoms. The van der Waals surface area contributed by atoms with Gasteiger partial charge in [0, 0.05) is 19.1 Å². The van der Waals surface area contributed by atoms with Crippen molar-refractivity contribution in [3.05, 3.63) is 34.9 Å². The van der Waals surface area contributed by atoms with E-state index in [1.165, 1.54) is 43.7 Å². The molecule has 1 fully saturated rings. The number of benzene rings is 1. The summed E-state index contributed by atoms with van der Waals surface area (Å²) in [7, 11) is 0. The van der Waals surface area contributed by atoms with Crippen LogP contribution in [0.2, 0.25) is 0 Å². The van der Waals surface area contributed by atoms with Crippen LogP contribution in [0.15, 0.2) is 18.2 Å². The Morgan fingerprint density at radius 1 is 1.17 bits per heavy atom. The van der Waals surface area contributed by atoms with Gasteiger partial charge in [0.15, 0.2) is 0 Å². The van der Waals surface area contributed by atoms with Gasteiger partial charge in [-0.3, -0.25) is 4.90 Å². The van der Waals surface area contributed by atoms with Crippen LogP contribution in [-0.4, -0.2) is 37.1 Å². The number of quaternary nitrogens is 1. The molecular formula is C14H18ClN3. The molecule has 1 saturated heterocycles. The minimum absolute atomic E-state index is 0. The van der Waals surface area contributed by atoms with Gasteiger partial charge in [0.05, 0.1) is 24.7 Å². The van der Waals surface area contributed by atoms with Crippen molar-refractivity contribution in [1.29, 1.82) is 5.26 Å². The average Bonchev–Trinajstić information content (AvgIpc) is 2.82. The molecule has 1 aliphatic heterocycles. The standard InChI is InChI=1S/C14H17N3.ClH/c15-10-11-1-2-12-8-14(9-13(12)7-11)17-5-3-16-4-6-17;/h1-2,7,14,16H,3-6,8-9H2;1H. The van der Waals surface area contributed by atoms with Crippen molar-refractivity contribution in [2.45, 2.75) is 18.9 Å². The molecule has 1 aliphatic carbocycles. The van der Waals surface area contributed by atoms with Crippen LogP contribution < -0.4 is 17.7 Å². The Labute approximate surface area is 114 Å². The largest absolute Gasteiger partial charge is 1.00 e. The molecule has 0 spiro atoms. The second-order valence-corrected chi connectivity index (χ2v) is 5.06. The van der Waals surface area contributed by atoms with Crippen LogP contribution in [0.25, 0.3) is 0 Å².